The van der Waals surface area contributed by atoms with Crippen molar-refractivity contribution in [2.45, 2.75) is 12.8 Å². The topological polar surface area (TPSA) is 46.2 Å². The minimum absolute atomic E-state index is 0.0326. The Morgan fingerprint density at radius 2 is 1.87 bits per heavy atom. The molecule has 120 valence electrons. The van der Waals surface area contributed by atoms with Crippen LogP contribution in [0.15, 0.2) is 30.3 Å². The van der Waals surface area contributed by atoms with Gasteiger partial charge in [-0.25, -0.2) is 13.2 Å². The smallest absolute Gasteiger partial charge is 0.182 e. The lowest BCUT2D eigenvalue weighted by Gasteiger charge is -2.13. The quantitative estimate of drug-likeness (QED) is 0.411. The average molecular weight is 433 g/mol. The normalized spacial score (nSPS) is 10.4. The zero-order valence-corrected chi connectivity index (χ0v) is 13.9. The molecule has 1 N–H and O–H groups in total. The second-order valence-electron chi connectivity index (χ2n) is 4.66. The molecule has 0 aliphatic rings. The fraction of sp³-hybridized carbons (Fsp3) is 0.125. The van der Waals surface area contributed by atoms with Gasteiger partial charge in [0.05, 0.1) is 11.4 Å². The van der Waals surface area contributed by atoms with Crippen LogP contribution in [0.5, 0.6) is 0 Å². The minimum Gasteiger partial charge on any atom is -0.350 e. The van der Waals surface area contributed by atoms with E-state index in [-0.39, 0.29) is 24.1 Å². The summed E-state index contributed by atoms with van der Waals surface area (Å²) in [4.78, 5) is 22.4. The molecule has 0 saturated heterocycles. The average Bonchev–Trinajstić information content (AvgIpc) is 2.52. The maximum atomic E-state index is 14.1. The van der Waals surface area contributed by atoms with Gasteiger partial charge in [0.25, 0.3) is 0 Å². The molecule has 0 heterocycles. The monoisotopic (exact) mass is 433 g/mol. The summed E-state index contributed by atoms with van der Waals surface area (Å²) in [7, 11) is 0. The Labute approximate surface area is 144 Å². The van der Waals surface area contributed by atoms with E-state index in [1.165, 1.54) is 12.1 Å². The summed E-state index contributed by atoms with van der Waals surface area (Å²) in [6.07, 6.45) is 0.386. The van der Waals surface area contributed by atoms with Crippen LogP contribution in [0.2, 0.25) is 0 Å². The molecule has 2 aromatic rings. The molecule has 2 aromatic carbocycles. The molecule has 0 aliphatic carbocycles. The first kappa shape index (κ1) is 17.5. The van der Waals surface area contributed by atoms with Crippen LogP contribution < -0.4 is 5.32 Å². The van der Waals surface area contributed by atoms with Crippen molar-refractivity contribution >= 4 is 46.0 Å². The number of carbonyl (C=O) groups excluding carboxylic acids is 2. The maximum absolute atomic E-state index is 14.1. The summed E-state index contributed by atoms with van der Waals surface area (Å²) in [6, 6.07) is 6.09. The molecule has 7 heteroatoms. The number of nitrogens with one attached hydrogen (secondary N) is 1. The van der Waals surface area contributed by atoms with Crippen molar-refractivity contribution in [2.24, 2.45) is 0 Å². The number of Topliss-reactive ketones (excluding diaryl/α,β-unsaturated/α-hetero) is 1. The predicted molar refractivity (Wildman–Crippen MR) is 88.4 cm³/mol. The molecular formula is C16H11F3INO2. The Morgan fingerprint density at radius 1 is 1.13 bits per heavy atom. The summed E-state index contributed by atoms with van der Waals surface area (Å²) < 4.78 is 42.0. The highest BCUT2D eigenvalue weighted by Gasteiger charge is 2.19. The van der Waals surface area contributed by atoms with Crippen LogP contribution in [0.25, 0.3) is 0 Å². The highest BCUT2D eigenvalue weighted by atomic mass is 127. The Morgan fingerprint density at radius 3 is 2.52 bits per heavy atom. The largest absolute Gasteiger partial charge is 0.350 e. The van der Waals surface area contributed by atoms with Crippen LogP contribution in [0.4, 0.5) is 24.5 Å². The van der Waals surface area contributed by atoms with E-state index < -0.39 is 28.9 Å². The van der Waals surface area contributed by atoms with Gasteiger partial charge in [-0.15, -0.1) is 0 Å². The van der Waals surface area contributed by atoms with E-state index in [2.05, 4.69) is 5.32 Å². The first-order valence-corrected chi connectivity index (χ1v) is 7.69. The highest BCUT2D eigenvalue weighted by Crippen LogP contribution is 2.29. The van der Waals surface area contributed by atoms with Crippen LogP contribution in [0, 0.1) is 21.0 Å². The Kier molecular flexibility index (Phi) is 5.75. The number of halogens is 4. The van der Waals surface area contributed by atoms with Crippen molar-refractivity contribution in [3.63, 3.8) is 0 Å². The van der Waals surface area contributed by atoms with E-state index in [1.807, 2.05) is 22.6 Å². The van der Waals surface area contributed by atoms with E-state index in [9.17, 15) is 22.8 Å². The number of hydrogen-bond acceptors (Lipinski definition) is 3. The van der Waals surface area contributed by atoms with Gasteiger partial charge in [0, 0.05) is 22.0 Å². The van der Waals surface area contributed by atoms with Gasteiger partial charge < -0.3 is 10.1 Å². The molecule has 0 unspecified atom stereocenters. The van der Waals surface area contributed by atoms with Crippen LogP contribution in [0.3, 0.4) is 0 Å². The molecule has 2 rings (SSSR count). The van der Waals surface area contributed by atoms with E-state index in [4.69, 9.17) is 0 Å². The van der Waals surface area contributed by atoms with Crippen LogP contribution in [-0.4, -0.2) is 12.1 Å². The number of ketones is 1. The minimum atomic E-state index is -1.28. The SMILES string of the molecule is O=CCCC(=O)c1ccc(F)c(F)c1Nc1ccc(I)cc1F. The van der Waals surface area contributed by atoms with Crippen molar-refractivity contribution in [3.8, 4) is 0 Å². The number of anilines is 2. The van der Waals surface area contributed by atoms with Gasteiger partial charge in [0.15, 0.2) is 17.4 Å². The third kappa shape index (κ3) is 4.10. The molecule has 23 heavy (non-hydrogen) atoms. The van der Waals surface area contributed by atoms with Crippen molar-refractivity contribution in [2.75, 3.05) is 5.32 Å². The Bertz CT molecular complexity index is 765. The second kappa shape index (κ2) is 7.58. The number of hydrogen-bond donors (Lipinski definition) is 1. The highest BCUT2D eigenvalue weighted by molar-refractivity contribution is 14.1. The van der Waals surface area contributed by atoms with E-state index >= 15 is 0 Å². The summed E-state index contributed by atoms with van der Waals surface area (Å²) in [5.74, 6) is -3.64. The van der Waals surface area contributed by atoms with Crippen molar-refractivity contribution < 1.29 is 22.8 Å². The number of rotatable bonds is 6. The third-order valence-electron chi connectivity index (χ3n) is 3.08. The van der Waals surface area contributed by atoms with E-state index in [1.54, 1.807) is 6.07 Å². The molecule has 0 amide bonds. The summed E-state index contributed by atoms with van der Waals surface area (Å²) in [6.45, 7) is 0. The van der Waals surface area contributed by atoms with E-state index in [0.717, 1.165) is 12.1 Å². The number of aldehydes is 1. The lowest BCUT2D eigenvalue weighted by molar-refractivity contribution is -0.107. The Hall–Kier alpha value is -1.90. The molecule has 0 atom stereocenters. The van der Waals surface area contributed by atoms with Crippen LogP contribution in [-0.2, 0) is 4.79 Å². The lowest BCUT2D eigenvalue weighted by Crippen LogP contribution is -2.08. The van der Waals surface area contributed by atoms with Gasteiger partial charge in [-0.1, -0.05) is 0 Å². The summed E-state index contributed by atoms with van der Waals surface area (Å²) >= 11 is 1.91. The molecule has 0 spiro atoms. The molecule has 0 saturated carbocycles. The zero-order chi connectivity index (χ0) is 17.0. The van der Waals surface area contributed by atoms with Crippen molar-refractivity contribution in [3.05, 3.63) is 56.9 Å². The van der Waals surface area contributed by atoms with Gasteiger partial charge in [-0.05, 0) is 52.9 Å². The zero-order valence-electron chi connectivity index (χ0n) is 11.7. The van der Waals surface area contributed by atoms with Gasteiger partial charge in [-0.3, -0.25) is 4.79 Å². The van der Waals surface area contributed by atoms with Crippen molar-refractivity contribution in [1.82, 2.24) is 0 Å². The Balaban J connectivity index is 2.44. The fourth-order valence-electron chi connectivity index (χ4n) is 1.96. The van der Waals surface area contributed by atoms with Crippen molar-refractivity contribution in [1.29, 1.82) is 0 Å². The van der Waals surface area contributed by atoms with Gasteiger partial charge in [0.2, 0.25) is 0 Å². The third-order valence-corrected chi connectivity index (χ3v) is 3.75. The van der Waals surface area contributed by atoms with E-state index in [0.29, 0.717) is 9.86 Å². The van der Waals surface area contributed by atoms with Crippen LogP contribution >= 0.6 is 22.6 Å². The number of benzene rings is 2. The maximum Gasteiger partial charge on any atom is 0.182 e. The first-order valence-electron chi connectivity index (χ1n) is 6.61. The summed E-state index contributed by atoms with van der Waals surface area (Å²) in [5, 5.41) is 2.43. The first-order chi connectivity index (χ1) is 10.9. The molecule has 0 radical (unpaired) electrons. The summed E-state index contributed by atoms with van der Waals surface area (Å²) in [5.41, 5.74) is -0.663. The molecule has 0 aromatic heterocycles. The standard InChI is InChI=1S/C16H11F3INO2/c17-11-5-4-10(14(23)2-1-7-22)16(15(11)19)21-13-6-3-9(20)8-12(13)18/h3-8,21H,1-2H2. The van der Waals surface area contributed by atoms with Gasteiger partial charge >= 0.3 is 0 Å². The van der Waals surface area contributed by atoms with Gasteiger partial charge in [0.1, 0.15) is 12.1 Å². The van der Waals surface area contributed by atoms with Crippen LogP contribution in [0.1, 0.15) is 23.2 Å². The molecule has 0 aliphatic heterocycles. The second-order valence-corrected chi connectivity index (χ2v) is 5.91. The fourth-order valence-corrected chi connectivity index (χ4v) is 2.41. The lowest BCUT2D eigenvalue weighted by atomic mass is 10.0. The molecule has 3 nitrogen and oxygen atoms in total. The predicted octanol–water partition coefficient (Wildman–Crippen LogP) is 4.61. The molecule has 0 bridgehead atoms. The van der Waals surface area contributed by atoms with Gasteiger partial charge in [-0.2, -0.15) is 0 Å². The molecule has 0 fully saturated rings. The number of carbonyl (C=O) groups is 2. The molecular weight excluding hydrogens is 422 g/mol.